The zero-order valence-electron chi connectivity index (χ0n) is 9.70. The number of rotatable bonds is 2. The number of nitrogens with two attached hydrogens (primary N) is 1. The minimum Gasteiger partial charge on any atom is -0.370 e. The lowest BCUT2D eigenvalue weighted by atomic mass is 9.90. The average Bonchev–Trinajstić information content (AvgIpc) is 2.29. The summed E-state index contributed by atoms with van der Waals surface area (Å²) in [6.45, 7) is 0. The Morgan fingerprint density at radius 3 is 2.75 bits per heavy atom. The molecule has 2 unspecified atom stereocenters. The summed E-state index contributed by atoms with van der Waals surface area (Å²) in [5, 5.41) is 0. The maximum Gasteiger partial charge on any atom is 0.125 e. The number of halogens is 1. The van der Waals surface area contributed by atoms with E-state index in [4.69, 9.17) is 5.73 Å². The summed E-state index contributed by atoms with van der Waals surface area (Å²) in [4.78, 5) is 2.12. The molecule has 0 aromatic heterocycles. The molecule has 88 valence electrons. The summed E-state index contributed by atoms with van der Waals surface area (Å²) in [6, 6.07) is 7.27. The van der Waals surface area contributed by atoms with Gasteiger partial charge in [-0.1, -0.05) is 18.9 Å². The van der Waals surface area contributed by atoms with E-state index >= 15 is 0 Å². The number of hydrogen-bond acceptors (Lipinski definition) is 2. The lowest BCUT2D eigenvalue weighted by Gasteiger charge is -2.37. The van der Waals surface area contributed by atoms with Crippen LogP contribution in [0.5, 0.6) is 0 Å². The normalized spacial score (nSPS) is 25.4. The highest BCUT2D eigenvalue weighted by atomic mass is 19.1. The van der Waals surface area contributed by atoms with Gasteiger partial charge in [0.25, 0.3) is 0 Å². The second-order valence-corrected chi connectivity index (χ2v) is 4.61. The molecule has 2 rings (SSSR count). The largest absolute Gasteiger partial charge is 0.370 e. The fraction of sp³-hybridized carbons (Fsp3) is 0.538. The van der Waals surface area contributed by atoms with E-state index in [0.29, 0.717) is 6.04 Å². The molecule has 0 heterocycles. The maximum atomic E-state index is 13.1. The number of nitrogens with zero attached hydrogens (tertiary/aromatic N) is 1. The molecular weight excluding hydrogens is 203 g/mol. The zero-order chi connectivity index (χ0) is 11.5. The van der Waals surface area contributed by atoms with Gasteiger partial charge in [-0.15, -0.1) is 0 Å². The Labute approximate surface area is 96.2 Å². The molecule has 0 bridgehead atoms. The first-order valence-electron chi connectivity index (χ1n) is 5.92. The summed E-state index contributed by atoms with van der Waals surface area (Å²) >= 11 is 0. The van der Waals surface area contributed by atoms with Crippen LogP contribution in [0.1, 0.15) is 25.7 Å². The average molecular weight is 222 g/mol. The molecule has 1 saturated carbocycles. The SMILES string of the molecule is CN(c1cccc(F)c1)C1CCCCC1N. The first kappa shape index (κ1) is 11.4. The molecule has 1 fully saturated rings. The highest BCUT2D eigenvalue weighted by Gasteiger charge is 2.25. The summed E-state index contributed by atoms with van der Waals surface area (Å²) in [6.07, 6.45) is 4.62. The molecule has 0 aliphatic heterocycles. The van der Waals surface area contributed by atoms with Crippen LogP contribution >= 0.6 is 0 Å². The van der Waals surface area contributed by atoms with Crippen molar-refractivity contribution in [2.75, 3.05) is 11.9 Å². The van der Waals surface area contributed by atoms with Gasteiger partial charge in [-0.3, -0.25) is 0 Å². The Balaban J connectivity index is 2.14. The Morgan fingerprint density at radius 1 is 1.31 bits per heavy atom. The molecule has 0 saturated heterocycles. The van der Waals surface area contributed by atoms with Crippen LogP contribution in [0, 0.1) is 5.82 Å². The molecule has 16 heavy (non-hydrogen) atoms. The number of anilines is 1. The minimum absolute atomic E-state index is 0.186. The van der Waals surface area contributed by atoms with Crippen LogP contribution in [0.3, 0.4) is 0 Å². The third-order valence-corrected chi connectivity index (χ3v) is 3.49. The fourth-order valence-corrected chi connectivity index (χ4v) is 2.51. The Kier molecular flexibility index (Phi) is 3.44. The molecule has 1 aromatic carbocycles. The molecule has 2 N–H and O–H groups in total. The van der Waals surface area contributed by atoms with E-state index in [9.17, 15) is 4.39 Å². The quantitative estimate of drug-likeness (QED) is 0.833. The van der Waals surface area contributed by atoms with Crippen LogP contribution in [0.15, 0.2) is 24.3 Å². The molecule has 0 radical (unpaired) electrons. The number of benzene rings is 1. The van der Waals surface area contributed by atoms with Gasteiger partial charge in [0.1, 0.15) is 5.82 Å². The standard InChI is InChI=1S/C13H19FN2/c1-16(11-6-4-5-10(14)9-11)13-8-3-2-7-12(13)15/h4-6,9,12-13H,2-3,7-8,15H2,1H3. The van der Waals surface area contributed by atoms with E-state index in [-0.39, 0.29) is 11.9 Å². The van der Waals surface area contributed by atoms with Crippen molar-refractivity contribution < 1.29 is 4.39 Å². The van der Waals surface area contributed by atoms with Crippen LogP contribution < -0.4 is 10.6 Å². The Morgan fingerprint density at radius 2 is 2.06 bits per heavy atom. The highest BCUT2D eigenvalue weighted by Crippen LogP contribution is 2.25. The molecule has 2 atom stereocenters. The van der Waals surface area contributed by atoms with E-state index in [2.05, 4.69) is 4.90 Å². The van der Waals surface area contributed by atoms with Gasteiger partial charge in [0.05, 0.1) is 0 Å². The summed E-state index contributed by atoms with van der Waals surface area (Å²) in [5.74, 6) is -0.186. The van der Waals surface area contributed by atoms with Crippen molar-refractivity contribution in [2.45, 2.75) is 37.8 Å². The van der Waals surface area contributed by atoms with Crippen LogP contribution in [-0.2, 0) is 0 Å². The van der Waals surface area contributed by atoms with Crippen LogP contribution in [-0.4, -0.2) is 19.1 Å². The second-order valence-electron chi connectivity index (χ2n) is 4.61. The van der Waals surface area contributed by atoms with Crippen molar-refractivity contribution in [3.8, 4) is 0 Å². The van der Waals surface area contributed by atoms with Crippen LogP contribution in [0.4, 0.5) is 10.1 Å². The van der Waals surface area contributed by atoms with Crippen molar-refractivity contribution in [3.63, 3.8) is 0 Å². The van der Waals surface area contributed by atoms with E-state index in [1.165, 1.54) is 18.9 Å². The molecule has 0 amide bonds. The maximum absolute atomic E-state index is 13.1. The highest BCUT2D eigenvalue weighted by molar-refractivity contribution is 5.47. The van der Waals surface area contributed by atoms with Crippen molar-refractivity contribution in [3.05, 3.63) is 30.1 Å². The lowest BCUT2D eigenvalue weighted by Crippen LogP contribution is -2.48. The van der Waals surface area contributed by atoms with E-state index in [1.807, 2.05) is 13.1 Å². The fourth-order valence-electron chi connectivity index (χ4n) is 2.51. The minimum atomic E-state index is -0.186. The van der Waals surface area contributed by atoms with Crippen molar-refractivity contribution in [1.82, 2.24) is 0 Å². The molecule has 0 spiro atoms. The molecule has 1 aliphatic rings. The Hall–Kier alpha value is -1.09. The second kappa shape index (κ2) is 4.83. The first-order valence-corrected chi connectivity index (χ1v) is 5.92. The number of hydrogen-bond donors (Lipinski definition) is 1. The molecule has 1 aromatic rings. The third-order valence-electron chi connectivity index (χ3n) is 3.49. The van der Waals surface area contributed by atoms with E-state index < -0.39 is 0 Å². The van der Waals surface area contributed by atoms with Crippen LogP contribution in [0.25, 0.3) is 0 Å². The molecule has 3 heteroatoms. The first-order chi connectivity index (χ1) is 7.68. The van der Waals surface area contributed by atoms with Gasteiger partial charge in [-0.2, -0.15) is 0 Å². The van der Waals surface area contributed by atoms with E-state index in [1.54, 1.807) is 12.1 Å². The van der Waals surface area contributed by atoms with Crippen molar-refractivity contribution in [1.29, 1.82) is 0 Å². The van der Waals surface area contributed by atoms with Gasteiger partial charge in [0.15, 0.2) is 0 Å². The third kappa shape index (κ3) is 2.35. The van der Waals surface area contributed by atoms with Gasteiger partial charge in [-0.05, 0) is 31.0 Å². The zero-order valence-corrected chi connectivity index (χ0v) is 9.70. The van der Waals surface area contributed by atoms with Gasteiger partial charge in [0.2, 0.25) is 0 Å². The van der Waals surface area contributed by atoms with Crippen molar-refractivity contribution in [2.24, 2.45) is 5.73 Å². The molecular formula is C13H19FN2. The summed E-state index contributed by atoms with van der Waals surface area (Å²) in [5.41, 5.74) is 7.04. The molecule has 1 aliphatic carbocycles. The smallest absolute Gasteiger partial charge is 0.125 e. The van der Waals surface area contributed by atoms with E-state index in [0.717, 1.165) is 18.5 Å². The summed E-state index contributed by atoms with van der Waals surface area (Å²) < 4.78 is 13.1. The van der Waals surface area contributed by atoms with Crippen molar-refractivity contribution >= 4 is 5.69 Å². The van der Waals surface area contributed by atoms with Gasteiger partial charge in [-0.25, -0.2) is 4.39 Å². The van der Waals surface area contributed by atoms with Gasteiger partial charge in [0, 0.05) is 24.8 Å². The lowest BCUT2D eigenvalue weighted by molar-refractivity contribution is 0.373. The Bertz CT molecular complexity index is 354. The predicted molar refractivity (Wildman–Crippen MR) is 65.0 cm³/mol. The van der Waals surface area contributed by atoms with Crippen LogP contribution in [0.2, 0.25) is 0 Å². The van der Waals surface area contributed by atoms with Gasteiger partial charge >= 0.3 is 0 Å². The van der Waals surface area contributed by atoms with Gasteiger partial charge < -0.3 is 10.6 Å². The topological polar surface area (TPSA) is 29.3 Å². The predicted octanol–water partition coefficient (Wildman–Crippen LogP) is 2.53. The number of likely N-dealkylation sites (N-methyl/N-ethyl adjacent to an activating group) is 1. The molecule has 2 nitrogen and oxygen atoms in total. The monoisotopic (exact) mass is 222 g/mol. The summed E-state index contributed by atoms with van der Waals surface area (Å²) in [7, 11) is 2.00.